The Morgan fingerprint density at radius 2 is 2.00 bits per heavy atom. The number of aromatic nitrogens is 2. The highest BCUT2D eigenvalue weighted by Crippen LogP contribution is 2.26. The molecule has 0 fully saturated rings. The van der Waals surface area contributed by atoms with Gasteiger partial charge in [-0.3, -0.25) is 14.7 Å². The summed E-state index contributed by atoms with van der Waals surface area (Å²) in [5, 5.41) is 13.9. The number of hydrogen-bond donors (Lipinski definition) is 3. The van der Waals surface area contributed by atoms with E-state index >= 15 is 0 Å². The maximum absolute atomic E-state index is 11.1. The van der Waals surface area contributed by atoms with Crippen LogP contribution >= 0.6 is 0 Å². The molecule has 0 spiro atoms. The van der Waals surface area contributed by atoms with Crippen LogP contribution in [0, 0.1) is 6.92 Å². The molecule has 78 valence electrons. The Morgan fingerprint density at radius 3 is 2.36 bits per heavy atom. The van der Waals surface area contributed by atoms with E-state index in [1.54, 1.807) is 20.8 Å². The first-order valence-corrected chi connectivity index (χ1v) is 4.34. The van der Waals surface area contributed by atoms with Crippen molar-refractivity contribution in [3.05, 3.63) is 21.6 Å². The van der Waals surface area contributed by atoms with Gasteiger partial charge in [0.05, 0.1) is 6.42 Å². The minimum Gasteiger partial charge on any atom is -0.481 e. The van der Waals surface area contributed by atoms with Crippen molar-refractivity contribution in [2.24, 2.45) is 0 Å². The van der Waals surface area contributed by atoms with Gasteiger partial charge < -0.3 is 10.2 Å². The largest absolute Gasteiger partial charge is 0.481 e. The number of H-pyrrole nitrogens is 2. The molecule has 0 radical (unpaired) electrons. The molecule has 3 N–H and O–H groups in total. The zero-order valence-electron chi connectivity index (χ0n) is 8.47. The molecule has 0 saturated carbocycles. The number of aromatic amines is 2. The Labute approximate surface area is 81.1 Å². The quantitative estimate of drug-likeness (QED) is 0.670. The van der Waals surface area contributed by atoms with Crippen LogP contribution in [0.1, 0.15) is 31.5 Å². The fraction of sp³-hybridized carbons (Fsp3) is 0.556. The number of aliphatic carboxylic acids is 1. The molecule has 14 heavy (non-hydrogen) atoms. The Hall–Kier alpha value is -1.52. The second kappa shape index (κ2) is 3.32. The van der Waals surface area contributed by atoms with Crippen molar-refractivity contribution >= 4 is 5.97 Å². The Morgan fingerprint density at radius 1 is 1.43 bits per heavy atom. The molecular weight excluding hydrogens is 184 g/mol. The van der Waals surface area contributed by atoms with Crippen LogP contribution in [0.4, 0.5) is 0 Å². The van der Waals surface area contributed by atoms with Gasteiger partial charge in [-0.25, -0.2) is 0 Å². The standard InChI is InChI=1S/C9H14N2O3/c1-5-7(10-11-8(5)14)9(2,3)4-6(12)13/h4H2,1-3H3,(H,12,13)(H2,10,11,14). The van der Waals surface area contributed by atoms with Gasteiger partial charge in [0.1, 0.15) is 0 Å². The molecule has 0 aliphatic carbocycles. The first-order valence-electron chi connectivity index (χ1n) is 4.34. The van der Waals surface area contributed by atoms with E-state index in [4.69, 9.17) is 5.11 Å². The molecule has 1 aromatic heterocycles. The van der Waals surface area contributed by atoms with Gasteiger partial charge in [-0.2, -0.15) is 0 Å². The topological polar surface area (TPSA) is 85.9 Å². The summed E-state index contributed by atoms with van der Waals surface area (Å²) < 4.78 is 0. The summed E-state index contributed by atoms with van der Waals surface area (Å²) in [6, 6.07) is 0. The van der Waals surface area contributed by atoms with Gasteiger partial charge in [0, 0.05) is 16.7 Å². The lowest BCUT2D eigenvalue weighted by Gasteiger charge is -2.21. The van der Waals surface area contributed by atoms with Crippen LogP contribution in [0.15, 0.2) is 4.79 Å². The second-order valence-corrected chi connectivity index (χ2v) is 4.03. The third kappa shape index (κ3) is 1.86. The third-order valence-corrected chi connectivity index (χ3v) is 2.29. The summed E-state index contributed by atoms with van der Waals surface area (Å²) in [6.45, 7) is 5.24. The highest BCUT2D eigenvalue weighted by atomic mass is 16.4. The minimum absolute atomic E-state index is 0.0123. The monoisotopic (exact) mass is 198 g/mol. The molecular formula is C9H14N2O3. The van der Waals surface area contributed by atoms with E-state index < -0.39 is 11.4 Å². The lowest BCUT2D eigenvalue weighted by Crippen LogP contribution is -2.23. The van der Waals surface area contributed by atoms with Gasteiger partial charge >= 0.3 is 5.97 Å². The van der Waals surface area contributed by atoms with Crippen molar-refractivity contribution in [1.29, 1.82) is 0 Å². The predicted octanol–water partition coefficient (Wildman–Crippen LogP) is 0.764. The molecule has 1 rings (SSSR count). The molecule has 1 heterocycles. The lowest BCUT2D eigenvalue weighted by atomic mass is 9.84. The van der Waals surface area contributed by atoms with E-state index in [2.05, 4.69) is 10.2 Å². The maximum Gasteiger partial charge on any atom is 0.304 e. The van der Waals surface area contributed by atoms with Gasteiger partial charge in [-0.15, -0.1) is 0 Å². The zero-order valence-corrected chi connectivity index (χ0v) is 8.47. The Bertz CT molecular complexity index is 400. The molecule has 0 amide bonds. The average Bonchev–Trinajstić information content (AvgIpc) is 2.30. The molecule has 0 aliphatic rings. The fourth-order valence-corrected chi connectivity index (χ4v) is 1.56. The van der Waals surface area contributed by atoms with Gasteiger partial charge in [0.25, 0.3) is 5.56 Å². The van der Waals surface area contributed by atoms with E-state index in [0.717, 1.165) is 0 Å². The number of rotatable bonds is 3. The van der Waals surface area contributed by atoms with Crippen LogP contribution in [0.25, 0.3) is 0 Å². The van der Waals surface area contributed by atoms with Crippen molar-refractivity contribution < 1.29 is 9.90 Å². The molecule has 5 nitrogen and oxygen atoms in total. The maximum atomic E-state index is 11.1. The van der Waals surface area contributed by atoms with E-state index in [0.29, 0.717) is 11.3 Å². The van der Waals surface area contributed by atoms with Crippen molar-refractivity contribution in [2.75, 3.05) is 0 Å². The summed E-state index contributed by atoms with van der Waals surface area (Å²) in [5.41, 5.74) is 0.453. The van der Waals surface area contributed by atoms with E-state index in [1.165, 1.54) is 0 Å². The first kappa shape index (κ1) is 10.6. The van der Waals surface area contributed by atoms with Gasteiger partial charge in [0.2, 0.25) is 0 Å². The van der Waals surface area contributed by atoms with E-state index in [9.17, 15) is 9.59 Å². The Kier molecular flexibility index (Phi) is 2.51. The highest BCUT2D eigenvalue weighted by molar-refractivity contribution is 5.68. The summed E-state index contributed by atoms with van der Waals surface area (Å²) in [5.74, 6) is -0.878. The summed E-state index contributed by atoms with van der Waals surface area (Å²) in [4.78, 5) is 21.7. The van der Waals surface area contributed by atoms with Crippen LogP contribution in [0.2, 0.25) is 0 Å². The van der Waals surface area contributed by atoms with E-state index in [-0.39, 0.29) is 12.0 Å². The number of carboxylic acid groups (broad SMARTS) is 1. The number of hydrogen-bond acceptors (Lipinski definition) is 2. The molecule has 0 bridgehead atoms. The summed E-state index contributed by atoms with van der Waals surface area (Å²) in [6.07, 6.45) is -0.0123. The lowest BCUT2D eigenvalue weighted by molar-refractivity contribution is -0.138. The van der Waals surface area contributed by atoms with Crippen LogP contribution in [-0.4, -0.2) is 21.3 Å². The summed E-state index contributed by atoms with van der Waals surface area (Å²) in [7, 11) is 0. The minimum atomic E-state index is -0.878. The fourth-order valence-electron chi connectivity index (χ4n) is 1.56. The van der Waals surface area contributed by atoms with Crippen molar-refractivity contribution in [3.63, 3.8) is 0 Å². The number of nitrogens with one attached hydrogen (secondary N) is 2. The number of carboxylic acids is 1. The SMILES string of the molecule is Cc1c(C(C)(C)CC(=O)O)[nH][nH]c1=O. The van der Waals surface area contributed by atoms with Crippen molar-refractivity contribution in [2.45, 2.75) is 32.6 Å². The van der Waals surface area contributed by atoms with Crippen molar-refractivity contribution in [3.8, 4) is 0 Å². The average molecular weight is 198 g/mol. The van der Waals surface area contributed by atoms with Gasteiger partial charge in [0.15, 0.2) is 0 Å². The van der Waals surface area contributed by atoms with Crippen molar-refractivity contribution in [1.82, 2.24) is 10.2 Å². The van der Waals surface area contributed by atoms with Gasteiger partial charge in [-0.05, 0) is 6.92 Å². The third-order valence-electron chi connectivity index (χ3n) is 2.29. The Balaban J connectivity index is 3.09. The first-order chi connectivity index (χ1) is 6.34. The predicted molar refractivity (Wildman–Crippen MR) is 51.4 cm³/mol. The second-order valence-electron chi connectivity index (χ2n) is 4.03. The van der Waals surface area contributed by atoms with Crippen LogP contribution in [0.3, 0.4) is 0 Å². The van der Waals surface area contributed by atoms with Crippen LogP contribution in [0.5, 0.6) is 0 Å². The zero-order chi connectivity index (χ0) is 10.9. The molecule has 0 unspecified atom stereocenters. The van der Waals surface area contributed by atoms with E-state index in [1.807, 2.05) is 0 Å². The highest BCUT2D eigenvalue weighted by Gasteiger charge is 2.28. The normalized spacial score (nSPS) is 11.6. The molecule has 0 aliphatic heterocycles. The van der Waals surface area contributed by atoms with Gasteiger partial charge in [-0.1, -0.05) is 13.8 Å². The molecule has 0 saturated heterocycles. The smallest absolute Gasteiger partial charge is 0.304 e. The summed E-state index contributed by atoms with van der Waals surface area (Å²) >= 11 is 0. The molecule has 0 atom stereocenters. The number of carbonyl (C=O) groups is 1. The molecule has 0 aromatic carbocycles. The van der Waals surface area contributed by atoms with Crippen LogP contribution < -0.4 is 5.56 Å². The van der Waals surface area contributed by atoms with Crippen LogP contribution in [-0.2, 0) is 10.2 Å². The molecule has 5 heteroatoms. The molecule has 1 aromatic rings.